The summed E-state index contributed by atoms with van der Waals surface area (Å²) >= 11 is 0. The van der Waals surface area contributed by atoms with Gasteiger partial charge in [0, 0.05) is 12.0 Å². The van der Waals surface area contributed by atoms with Gasteiger partial charge in [0.25, 0.3) is 0 Å². The van der Waals surface area contributed by atoms with E-state index in [1.165, 1.54) is 0 Å². The Morgan fingerprint density at radius 2 is 2.10 bits per heavy atom. The third-order valence-corrected chi connectivity index (χ3v) is 3.31. The molecule has 2 amide bonds. The summed E-state index contributed by atoms with van der Waals surface area (Å²) in [5, 5.41) is 11.5. The topological polar surface area (TPSA) is 119 Å². The highest BCUT2D eigenvalue weighted by molar-refractivity contribution is 5.89. The van der Waals surface area contributed by atoms with Gasteiger partial charge in [-0.1, -0.05) is 18.2 Å². The lowest BCUT2D eigenvalue weighted by atomic mass is 9.99. The third-order valence-electron chi connectivity index (χ3n) is 3.31. The second kappa shape index (κ2) is 6.25. The fourth-order valence-corrected chi connectivity index (χ4v) is 2.20. The third kappa shape index (κ3) is 3.50. The molecule has 0 saturated heterocycles. The predicted octanol–water partition coefficient (Wildman–Crippen LogP) is -0.00250. The summed E-state index contributed by atoms with van der Waals surface area (Å²) in [6.07, 6.45) is -0.138. The average molecular weight is 292 g/mol. The number of carboxylic acid groups (broad SMARTS) is 1. The lowest BCUT2D eigenvalue weighted by molar-refractivity contribution is -0.142. The van der Waals surface area contributed by atoms with E-state index in [0.717, 1.165) is 5.56 Å². The highest BCUT2D eigenvalue weighted by Crippen LogP contribution is 2.33. The largest absolute Gasteiger partial charge is 0.492 e. The first kappa shape index (κ1) is 14.8. The maximum atomic E-state index is 12.2. The number of aliphatic carboxylic acids is 1. The van der Waals surface area contributed by atoms with Crippen molar-refractivity contribution in [2.75, 3.05) is 6.61 Å². The number of rotatable bonds is 6. The number of fused-ring (bicyclic) bond motifs is 1. The van der Waals surface area contributed by atoms with Crippen molar-refractivity contribution in [2.24, 2.45) is 5.73 Å². The molecule has 0 radical (unpaired) electrons. The summed E-state index contributed by atoms with van der Waals surface area (Å²) in [6, 6.07) is 5.97. The van der Waals surface area contributed by atoms with Crippen LogP contribution in [0.5, 0.6) is 5.75 Å². The number of ether oxygens (including phenoxy) is 1. The second-order valence-corrected chi connectivity index (χ2v) is 4.81. The highest BCUT2D eigenvalue weighted by Gasteiger charge is 2.32. The van der Waals surface area contributed by atoms with Gasteiger partial charge in [-0.05, 0) is 12.5 Å². The van der Waals surface area contributed by atoms with Crippen LogP contribution in [0, 0.1) is 0 Å². The molecular formula is C14H16N2O5. The van der Waals surface area contributed by atoms with E-state index < -0.39 is 29.7 Å². The molecule has 1 aromatic carbocycles. The summed E-state index contributed by atoms with van der Waals surface area (Å²) in [4.78, 5) is 34.0. The number of amides is 2. The van der Waals surface area contributed by atoms with Crippen LogP contribution in [-0.4, -0.2) is 35.5 Å². The molecule has 2 atom stereocenters. The van der Waals surface area contributed by atoms with Crippen molar-refractivity contribution in [1.29, 1.82) is 0 Å². The van der Waals surface area contributed by atoms with Crippen LogP contribution in [0.4, 0.5) is 0 Å². The summed E-state index contributed by atoms with van der Waals surface area (Å²) in [5.41, 5.74) is 5.72. The maximum absolute atomic E-state index is 12.2. The van der Waals surface area contributed by atoms with Crippen LogP contribution in [0.25, 0.3) is 0 Å². The first-order valence-electron chi connectivity index (χ1n) is 6.52. The molecule has 7 heteroatoms. The smallest absolute Gasteiger partial charge is 0.326 e. The highest BCUT2D eigenvalue weighted by atomic mass is 16.5. The lowest BCUT2D eigenvalue weighted by Crippen LogP contribution is -2.43. The summed E-state index contributed by atoms with van der Waals surface area (Å²) in [5.74, 6) is -2.16. The normalized spacial score (nSPS) is 17.4. The van der Waals surface area contributed by atoms with E-state index in [-0.39, 0.29) is 19.4 Å². The van der Waals surface area contributed by atoms with Gasteiger partial charge in [0.15, 0.2) is 0 Å². The molecule has 1 aromatic rings. The Morgan fingerprint density at radius 3 is 2.76 bits per heavy atom. The molecule has 7 nitrogen and oxygen atoms in total. The second-order valence-electron chi connectivity index (χ2n) is 4.81. The van der Waals surface area contributed by atoms with Crippen LogP contribution in [0.15, 0.2) is 24.3 Å². The predicted molar refractivity (Wildman–Crippen MR) is 72.7 cm³/mol. The minimum absolute atomic E-state index is 0.0361. The van der Waals surface area contributed by atoms with Crippen molar-refractivity contribution in [2.45, 2.75) is 24.8 Å². The fourth-order valence-electron chi connectivity index (χ4n) is 2.20. The van der Waals surface area contributed by atoms with E-state index in [0.29, 0.717) is 5.75 Å². The number of carbonyl (C=O) groups is 3. The molecule has 1 unspecified atom stereocenters. The van der Waals surface area contributed by atoms with Crippen molar-refractivity contribution >= 4 is 17.8 Å². The number of nitrogens with one attached hydrogen (secondary N) is 1. The molecule has 0 spiro atoms. The number of carbonyl (C=O) groups excluding carboxylic acids is 2. The molecule has 21 heavy (non-hydrogen) atoms. The van der Waals surface area contributed by atoms with Gasteiger partial charge in [0.1, 0.15) is 24.3 Å². The quantitative estimate of drug-likeness (QED) is 0.681. The zero-order chi connectivity index (χ0) is 15.4. The van der Waals surface area contributed by atoms with E-state index in [1.807, 2.05) is 0 Å². The van der Waals surface area contributed by atoms with Gasteiger partial charge in [0.2, 0.25) is 11.8 Å². The van der Waals surface area contributed by atoms with Crippen LogP contribution in [0.3, 0.4) is 0 Å². The lowest BCUT2D eigenvalue weighted by Gasteiger charge is -2.16. The standard InChI is InChI=1S/C14H16N2O5/c15-12(17)6-5-10(14(19)20)16-13(18)9-7-21-11-4-2-1-3-8(9)11/h1-4,9-10H,5-7H2,(H2,15,17)(H,16,18)(H,19,20)/t9?,10-/m1/s1. The van der Waals surface area contributed by atoms with E-state index >= 15 is 0 Å². The fraction of sp³-hybridized carbons (Fsp3) is 0.357. The summed E-state index contributed by atoms with van der Waals surface area (Å²) in [6.45, 7) is 0.174. The summed E-state index contributed by atoms with van der Waals surface area (Å²) < 4.78 is 5.39. The van der Waals surface area contributed by atoms with Gasteiger partial charge in [0.05, 0.1) is 0 Å². The Labute approximate surface area is 121 Å². The van der Waals surface area contributed by atoms with E-state index in [4.69, 9.17) is 15.6 Å². The monoisotopic (exact) mass is 292 g/mol. The Morgan fingerprint density at radius 1 is 1.38 bits per heavy atom. The SMILES string of the molecule is NC(=O)CC[C@@H](NC(=O)C1COc2ccccc21)C(=O)O. The number of primary amides is 1. The van der Waals surface area contributed by atoms with Gasteiger partial charge in [-0.25, -0.2) is 4.79 Å². The van der Waals surface area contributed by atoms with Crippen LogP contribution >= 0.6 is 0 Å². The van der Waals surface area contributed by atoms with Crippen molar-refractivity contribution in [3.05, 3.63) is 29.8 Å². The molecule has 0 bridgehead atoms. The number of carboxylic acids is 1. The van der Waals surface area contributed by atoms with E-state index in [1.54, 1.807) is 24.3 Å². The molecule has 1 aliphatic rings. The van der Waals surface area contributed by atoms with Crippen molar-refractivity contribution in [3.8, 4) is 5.75 Å². The van der Waals surface area contributed by atoms with Gasteiger partial charge >= 0.3 is 5.97 Å². The minimum Gasteiger partial charge on any atom is -0.492 e. The molecule has 0 aromatic heterocycles. The Hall–Kier alpha value is -2.57. The molecule has 0 saturated carbocycles. The first-order chi connectivity index (χ1) is 9.99. The Kier molecular flexibility index (Phi) is 4.42. The molecule has 0 aliphatic carbocycles. The van der Waals surface area contributed by atoms with Gasteiger partial charge < -0.3 is 20.9 Å². The summed E-state index contributed by atoms with van der Waals surface area (Å²) in [7, 11) is 0. The molecule has 1 heterocycles. The van der Waals surface area contributed by atoms with Crippen LogP contribution in [0.1, 0.15) is 24.3 Å². The molecule has 112 valence electrons. The average Bonchev–Trinajstić information content (AvgIpc) is 2.86. The van der Waals surface area contributed by atoms with E-state index in [9.17, 15) is 14.4 Å². The van der Waals surface area contributed by atoms with Gasteiger partial charge in [-0.3, -0.25) is 9.59 Å². The number of hydrogen-bond acceptors (Lipinski definition) is 4. The zero-order valence-corrected chi connectivity index (χ0v) is 11.2. The molecule has 2 rings (SSSR count). The van der Waals surface area contributed by atoms with E-state index in [2.05, 4.69) is 5.32 Å². The number of nitrogens with two attached hydrogens (primary N) is 1. The van der Waals surface area contributed by atoms with Gasteiger partial charge in [-0.15, -0.1) is 0 Å². The Bertz CT molecular complexity index is 572. The van der Waals surface area contributed by atoms with Crippen LogP contribution in [-0.2, 0) is 14.4 Å². The van der Waals surface area contributed by atoms with Gasteiger partial charge in [-0.2, -0.15) is 0 Å². The van der Waals surface area contributed by atoms with Crippen molar-refractivity contribution < 1.29 is 24.2 Å². The number of para-hydroxylation sites is 1. The Balaban J connectivity index is 2.03. The minimum atomic E-state index is -1.20. The first-order valence-corrected chi connectivity index (χ1v) is 6.52. The maximum Gasteiger partial charge on any atom is 0.326 e. The zero-order valence-electron chi connectivity index (χ0n) is 11.2. The molecule has 4 N–H and O–H groups in total. The molecular weight excluding hydrogens is 276 g/mol. The molecule has 1 aliphatic heterocycles. The number of benzene rings is 1. The van der Waals surface area contributed by atoms with Crippen LogP contribution < -0.4 is 15.8 Å². The molecule has 0 fully saturated rings. The van der Waals surface area contributed by atoms with Crippen molar-refractivity contribution in [3.63, 3.8) is 0 Å². The van der Waals surface area contributed by atoms with Crippen molar-refractivity contribution in [1.82, 2.24) is 5.32 Å². The van der Waals surface area contributed by atoms with Crippen LogP contribution in [0.2, 0.25) is 0 Å². The number of hydrogen-bond donors (Lipinski definition) is 3.